The fraction of sp³-hybridized carbons (Fsp3) is 0.667. The molecule has 1 rings (SSSR count). The third-order valence-electron chi connectivity index (χ3n) is 2.05. The van der Waals surface area contributed by atoms with Gasteiger partial charge >= 0.3 is 5.97 Å². The Bertz CT molecular complexity index is 185. The van der Waals surface area contributed by atoms with Crippen LogP contribution >= 0.6 is 0 Å². The van der Waals surface area contributed by atoms with E-state index < -0.39 is 5.97 Å². The van der Waals surface area contributed by atoms with Crippen molar-refractivity contribution in [2.24, 2.45) is 5.92 Å². The van der Waals surface area contributed by atoms with Gasteiger partial charge in [-0.3, -0.25) is 4.79 Å². The summed E-state index contributed by atoms with van der Waals surface area (Å²) < 4.78 is 0. The SMILES string of the molecule is CC=CCNC(C(=O)O)C1CC1. The predicted octanol–water partition coefficient (Wildman–Crippen LogP) is 1.02. The molecule has 1 aliphatic carbocycles. The van der Waals surface area contributed by atoms with Gasteiger partial charge in [-0.2, -0.15) is 0 Å². The Balaban J connectivity index is 2.28. The van der Waals surface area contributed by atoms with Gasteiger partial charge in [-0.15, -0.1) is 0 Å². The van der Waals surface area contributed by atoms with Crippen molar-refractivity contribution in [1.82, 2.24) is 5.32 Å². The second kappa shape index (κ2) is 4.26. The van der Waals surface area contributed by atoms with Crippen LogP contribution in [-0.4, -0.2) is 23.7 Å². The molecule has 0 saturated heterocycles. The summed E-state index contributed by atoms with van der Waals surface area (Å²) in [6.07, 6.45) is 5.96. The summed E-state index contributed by atoms with van der Waals surface area (Å²) >= 11 is 0. The summed E-state index contributed by atoms with van der Waals surface area (Å²) in [6, 6.07) is -0.332. The minimum Gasteiger partial charge on any atom is -0.480 e. The third-order valence-corrected chi connectivity index (χ3v) is 2.05. The molecule has 0 bridgehead atoms. The molecular weight excluding hydrogens is 154 g/mol. The highest BCUT2D eigenvalue weighted by molar-refractivity contribution is 5.74. The first-order valence-corrected chi connectivity index (χ1v) is 4.33. The topological polar surface area (TPSA) is 49.3 Å². The molecule has 0 aliphatic heterocycles. The van der Waals surface area contributed by atoms with Crippen LogP contribution in [0.25, 0.3) is 0 Å². The molecule has 0 amide bonds. The average molecular weight is 169 g/mol. The molecule has 0 aromatic rings. The van der Waals surface area contributed by atoms with Crippen LogP contribution in [0, 0.1) is 5.92 Å². The molecule has 68 valence electrons. The van der Waals surface area contributed by atoms with Crippen LogP contribution in [0.4, 0.5) is 0 Å². The highest BCUT2D eigenvalue weighted by Gasteiger charge is 2.35. The van der Waals surface area contributed by atoms with Gasteiger partial charge in [0.2, 0.25) is 0 Å². The first-order valence-electron chi connectivity index (χ1n) is 4.33. The summed E-state index contributed by atoms with van der Waals surface area (Å²) in [6.45, 7) is 2.58. The lowest BCUT2D eigenvalue weighted by Gasteiger charge is -2.10. The summed E-state index contributed by atoms with van der Waals surface area (Å²) in [7, 11) is 0. The molecule has 1 unspecified atom stereocenters. The Hall–Kier alpha value is -0.830. The summed E-state index contributed by atoms with van der Waals surface area (Å²) in [5.74, 6) is -0.352. The smallest absolute Gasteiger partial charge is 0.320 e. The molecule has 3 heteroatoms. The number of hydrogen-bond acceptors (Lipinski definition) is 2. The Morgan fingerprint density at radius 3 is 2.83 bits per heavy atom. The number of rotatable bonds is 5. The van der Waals surface area contributed by atoms with Crippen molar-refractivity contribution in [3.8, 4) is 0 Å². The fourth-order valence-electron chi connectivity index (χ4n) is 1.20. The molecule has 3 nitrogen and oxygen atoms in total. The average Bonchev–Trinajstić information content (AvgIpc) is 2.80. The van der Waals surface area contributed by atoms with Gasteiger partial charge in [-0.25, -0.2) is 0 Å². The first-order chi connectivity index (χ1) is 5.75. The standard InChI is InChI=1S/C9H15NO2/c1-2-3-6-10-8(9(11)12)7-4-5-7/h2-3,7-8,10H,4-6H2,1H3,(H,11,12). The van der Waals surface area contributed by atoms with Crippen LogP contribution < -0.4 is 5.32 Å². The highest BCUT2D eigenvalue weighted by atomic mass is 16.4. The van der Waals surface area contributed by atoms with Crippen molar-refractivity contribution in [2.45, 2.75) is 25.8 Å². The Morgan fingerprint density at radius 1 is 1.75 bits per heavy atom. The maximum absolute atomic E-state index is 10.7. The lowest BCUT2D eigenvalue weighted by molar-refractivity contribution is -0.140. The molecule has 0 radical (unpaired) electrons. The third kappa shape index (κ3) is 2.66. The van der Waals surface area contributed by atoms with Crippen molar-refractivity contribution in [2.75, 3.05) is 6.54 Å². The molecule has 1 saturated carbocycles. The van der Waals surface area contributed by atoms with E-state index in [-0.39, 0.29) is 6.04 Å². The van der Waals surface area contributed by atoms with Gasteiger partial charge in [0.25, 0.3) is 0 Å². The van der Waals surface area contributed by atoms with E-state index in [1.54, 1.807) is 0 Å². The van der Waals surface area contributed by atoms with Crippen LogP contribution in [-0.2, 0) is 4.79 Å². The van der Waals surface area contributed by atoms with Crippen molar-refractivity contribution in [3.05, 3.63) is 12.2 Å². The molecule has 12 heavy (non-hydrogen) atoms. The van der Waals surface area contributed by atoms with E-state index in [2.05, 4.69) is 5.32 Å². The van der Waals surface area contributed by atoms with Crippen molar-refractivity contribution >= 4 is 5.97 Å². The number of carbonyl (C=O) groups is 1. The van der Waals surface area contributed by atoms with E-state index in [1.807, 2.05) is 19.1 Å². The second-order valence-corrected chi connectivity index (χ2v) is 3.13. The lowest BCUT2D eigenvalue weighted by atomic mass is 10.2. The largest absolute Gasteiger partial charge is 0.480 e. The summed E-state index contributed by atoms with van der Waals surface area (Å²) in [5, 5.41) is 11.8. The zero-order valence-electron chi connectivity index (χ0n) is 7.29. The highest BCUT2D eigenvalue weighted by Crippen LogP contribution is 2.32. The maximum Gasteiger partial charge on any atom is 0.320 e. The molecule has 1 atom stereocenters. The van der Waals surface area contributed by atoms with Crippen LogP contribution in [0.15, 0.2) is 12.2 Å². The molecule has 0 aromatic heterocycles. The van der Waals surface area contributed by atoms with Crippen LogP contribution in [0.1, 0.15) is 19.8 Å². The quantitative estimate of drug-likeness (QED) is 0.604. The van der Waals surface area contributed by atoms with Crippen LogP contribution in [0.5, 0.6) is 0 Å². The number of carboxylic acid groups (broad SMARTS) is 1. The second-order valence-electron chi connectivity index (χ2n) is 3.13. The van der Waals surface area contributed by atoms with E-state index in [9.17, 15) is 4.79 Å². The van der Waals surface area contributed by atoms with E-state index >= 15 is 0 Å². The Morgan fingerprint density at radius 2 is 2.42 bits per heavy atom. The van der Waals surface area contributed by atoms with Crippen LogP contribution in [0.2, 0.25) is 0 Å². The van der Waals surface area contributed by atoms with Gasteiger partial charge in [0.1, 0.15) is 6.04 Å². The zero-order valence-corrected chi connectivity index (χ0v) is 7.29. The minimum atomic E-state index is -0.720. The number of nitrogens with one attached hydrogen (secondary N) is 1. The van der Waals surface area contributed by atoms with Crippen LogP contribution in [0.3, 0.4) is 0 Å². The molecule has 1 aliphatic rings. The molecule has 2 N–H and O–H groups in total. The van der Waals surface area contributed by atoms with E-state index in [1.165, 1.54) is 0 Å². The van der Waals surface area contributed by atoms with E-state index in [0.29, 0.717) is 12.5 Å². The van der Waals surface area contributed by atoms with Gasteiger partial charge in [0, 0.05) is 6.54 Å². The normalized spacial score (nSPS) is 19.8. The van der Waals surface area contributed by atoms with Crippen molar-refractivity contribution in [1.29, 1.82) is 0 Å². The van der Waals surface area contributed by atoms with Gasteiger partial charge in [-0.05, 0) is 25.7 Å². The van der Waals surface area contributed by atoms with Gasteiger partial charge in [-0.1, -0.05) is 12.2 Å². The molecule has 0 aromatic carbocycles. The number of hydrogen-bond donors (Lipinski definition) is 2. The first kappa shape index (κ1) is 9.26. The van der Waals surface area contributed by atoms with Gasteiger partial charge < -0.3 is 10.4 Å². The zero-order chi connectivity index (χ0) is 8.97. The van der Waals surface area contributed by atoms with Gasteiger partial charge in [0.05, 0.1) is 0 Å². The molecule has 1 fully saturated rings. The van der Waals surface area contributed by atoms with Crippen molar-refractivity contribution in [3.63, 3.8) is 0 Å². The minimum absolute atomic E-state index is 0.332. The fourth-order valence-corrected chi connectivity index (χ4v) is 1.20. The number of aliphatic carboxylic acids is 1. The van der Waals surface area contributed by atoms with Gasteiger partial charge in [0.15, 0.2) is 0 Å². The van der Waals surface area contributed by atoms with Crippen molar-refractivity contribution < 1.29 is 9.90 Å². The Kier molecular flexibility index (Phi) is 3.29. The molecule has 0 spiro atoms. The Labute approximate surface area is 72.5 Å². The number of allylic oxidation sites excluding steroid dienone is 1. The lowest BCUT2D eigenvalue weighted by Crippen LogP contribution is -2.38. The molecular formula is C9H15NO2. The predicted molar refractivity (Wildman–Crippen MR) is 47.0 cm³/mol. The summed E-state index contributed by atoms with van der Waals surface area (Å²) in [5.41, 5.74) is 0. The summed E-state index contributed by atoms with van der Waals surface area (Å²) in [4.78, 5) is 10.7. The molecule has 0 heterocycles. The maximum atomic E-state index is 10.7. The number of carboxylic acids is 1. The van der Waals surface area contributed by atoms with E-state index in [4.69, 9.17) is 5.11 Å². The van der Waals surface area contributed by atoms with E-state index in [0.717, 1.165) is 12.8 Å². The monoisotopic (exact) mass is 169 g/mol.